The number of nitrogens with one attached hydrogen (secondary N) is 2. The first-order valence-electron chi connectivity index (χ1n) is 8.56. The third-order valence-corrected chi connectivity index (χ3v) is 4.84. The van der Waals surface area contributed by atoms with Crippen molar-refractivity contribution in [1.82, 2.24) is 10.6 Å². The normalized spacial score (nSPS) is 14.5. The summed E-state index contributed by atoms with van der Waals surface area (Å²) in [5.41, 5.74) is 0.407. The fourth-order valence-electron chi connectivity index (χ4n) is 2.85. The number of benzene rings is 2. The van der Waals surface area contributed by atoms with Crippen molar-refractivity contribution in [3.63, 3.8) is 0 Å². The highest BCUT2D eigenvalue weighted by molar-refractivity contribution is 6.30. The van der Waals surface area contributed by atoms with Gasteiger partial charge in [-0.05, 0) is 43.0 Å². The Kier molecular flexibility index (Phi) is 5.57. The first kappa shape index (κ1) is 18.4. The van der Waals surface area contributed by atoms with E-state index >= 15 is 0 Å². The van der Waals surface area contributed by atoms with Gasteiger partial charge in [0.2, 0.25) is 11.8 Å². The second-order valence-electron chi connectivity index (χ2n) is 6.49. The highest BCUT2D eigenvalue weighted by Gasteiger charge is 2.56. The molecule has 136 valence electrons. The number of halogens is 2. The second kappa shape index (κ2) is 7.87. The van der Waals surface area contributed by atoms with Gasteiger partial charge in [0.05, 0.1) is 0 Å². The zero-order valence-electron chi connectivity index (χ0n) is 14.2. The quantitative estimate of drug-likeness (QED) is 0.731. The molecule has 0 spiro atoms. The maximum atomic E-state index is 13.6. The van der Waals surface area contributed by atoms with Crippen molar-refractivity contribution in [2.24, 2.45) is 5.41 Å². The van der Waals surface area contributed by atoms with Crippen LogP contribution < -0.4 is 10.6 Å². The maximum Gasteiger partial charge on any atom is 0.235 e. The third-order valence-electron chi connectivity index (χ3n) is 4.60. The van der Waals surface area contributed by atoms with Crippen molar-refractivity contribution < 1.29 is 14.0 Å². The van der Waals surface area contributed by atoms with Gasteiger partial charge in [-0.2, -0.15) is 0 Å². The van der Waals surface area contributed by atoms with Crippen molar-refractivity contribution in [3.05, 3.63) is 70.5 Å². The van der Waals surface area contributed by atoms with Gasteiger partial charge in [-0.1, -0.05) is 41.9 Å². The molecule has 0 aliphatic heterocycles. The van der Waals surface area contributed by atoms with Crippen molar-refractivity contribution in [3.8, 4) is 0 Å². The van der Waals surface area contributed by atoms with E-state index in [1.54, 1.807) is 24.3 Å². The van der Waals surface area contributed by atoms with Crippen LogP contribution in [0.25, 0.3) is 0 Å². The Balaban J connectivity index is 1.50. The van der Waals surface area contributed by atoms with Gasteiger partial charge in [0.15, 0.2) is 0 Å². The average molecular weight is 375 g/mol. The summed E-state index contributed by atoms with van der Waals surface area (Å²) < 4.78 is 13.6. The lowest BCUT2D eigenvalue weighted by molar-refractivity contribution is -0.137. The summed E-state index contributed by atoms with van der Waals surface area (Å²) in [5, 5.41) is 6.16. The van der Waals surface area contributed by atoms with Crippen LogP contribution in [0, 0.1) is 11.2 Å². The number of carbonyl (C=O) groups is 2. The molecule has 3 rings (SSSR count). The van der Waals surface area contributed by atoms with E-state index in [9.17, 15) is 14.0 Å². The van der Waals surface area contributed by atoms with Gasteiger partial charge in [-0.25, -0.2) is 4.39 Å². The predicted octanol–water partition coefficient (Wildman–Crippen LogP) is 3.23. The van der Waals surface area contributed by atoms with E-state index in [0.29, 0.717) is 36.4 Å². The van der Waals surface area contributed by atoms with Crippen LogP contribution in [0.1, 0.15) is 24.0 Å². The summed E-state index contributed by atoms with van der Waals surface area (Å²) >= 11 is 5.94. The Morgan fingerprint density at radius 2 is 1.77 bits per heavy atom. The Labute approximate surface area is 156 Å². The minimum Gasteiger partial charge on any atom is -0.355 e. The molecule has 4 nitrogen and oxygen atoms in total. The SMILES string of the molecule is O=C(NCCc1cccc(Cl)c1)C1(C(=O)NCc2ccccc2F)CC1. The summed E-state index contributed by atoms with van der Waals surface area (Å²) in [4.78, 5) is 24.9. The van der Waals surface area contributed by atoms with Crippen molar-refractivity contribution in [2.75, 3.05) is 6.54 Å². The summed E-state index contributed by atoms with van der Waals surface area (Å²) in [6, 6.07) is 13.7. The number of rotatable bonds is 7. The fourth-order valence-corrected chi connectivity index (χ4v) is 3.06. The molecule has 0 bridgehead atoms. The molecule has 1 aliphatic carbocycles. The van der Waals surface area contributed by atoms with Crippen LogP contribution in [0.3, 0.4) is 0 Å². The Bertz CT molecular complexity index is 821. The molecular weight excluding hydrogens is 355 g/mol. The molecule has 1 fully saturated rings. The van der Waals surface area contributed by atoms with E-state index < -0.39 is 5.41 Å². The third kappa shape index (κ3) is 4.22. The van der Waals surface area contributed by atoms with Crippen molar-refractivity contribution >= 4 is 23.4 Å². The summed E-state index contributed by atoms with van der Waals surface area (Å²) in [6.45, 7) is 0.505. The molecule has 0 atom stereocenters. The van der Waals surface area contributed by atoms with Crippen LogP contribution in [-0.4, -0.2) is 18.4 Å². The molecule has 2 N–H and O–H groups in total. The van der Waals surface area contributed by atoms with Gasteiger partial charge in [0, 0.05) is 23.7 Å². The topological polar surface area (TPSA) is 58.2 Å². The number of hydrogen-bond donors (Lipinski definition) is 2. The molecule has 2 amide bonds. The Morgan fingerprint density at radius 3 is 2.46 bits per heavy atom. The molecule has 26 heavy (non-hydrogen) atoms. The minimum absolute atomic E-state index is 0.0725. The lowest BCUT2D eigenvalue weighted by Gasteiger charge is -2.15. The summed E-state index contributed by atoms with van der Waals surface area (Å²) in [5.74, 6) is -0.991. The molecule has 2 aromatic rings. The average Bonchev–Trinajstić information content (AvgIpc) is 3.43. The maximum absolute atomic E-state index is 13.6. The van der Waals surface area contributed by atoms with E-state index in [4.69, 9.17) is 11.6 Å². The van der Waals surface area contributed by atoms with E-state index in [2.05, 4.69) is 10.6 Å². The number of amides is 2. The van der Waals surface area contributed by atoms with Crippen molar-refractivity contribution in [1.29, 1.82) is 0 Å². The molecule has 0 unspecified atom stereocenters. The zero-order chi connectivity index (χ0) is 18.6. The fraction of sp³-hybridized carbons (Fsp3) is 0.300. The van der Waals surface area contributed by atoms with Crippen molar-refractivity contribution in [2.45, 2.75) is 25.8 Å². The molecule has 1 aliphatic rings. The lowest BCUT2D eigenvalue weighted by Crippen LogP contribution is -2.43. The van der Waals surface area contributed by atoms with Crippen LogP contribution in [0.2, 0.25) is 5.02 Å². The molecule has 0 heterocycles. The largest absolute Gasteiger partial charge is 0.355 e. The van der Waals surface area contributed by atoms with E-state index in [-0.39, 0.29) is 24.2 Å². The van der Waals surface area contributed by atoms with Gasteiger partial charge in [0.25, 0.3) is 0 Å². The molecular formula is C20H20ClFN2O2. The highest BCUT2D eigenvalue weighted by atomic mass is 35.5. The van der Waals surface area contributed by atoms with Crippen LogP contribution in [0.4, 0.5) is 4.39 Å². The van der Waals surface area contributed by atoms with E-state index in [1.165, 1.54) is 6.07 Å². The molecule has 0 aromatic heterocycles. The lowest BCUT2D eigenvalue weighted by atomic mass is 10.0. The van der Waals surface area contributed by atoms with Crippen LogP contribution in [0.5, 0.6) is 0 Å². The smallest absolute Gasteiger partial charge is 0.235 e. The molecule has 2 aromatic carbocycles. The second-order valence-corrected chi connectivity index (χ2v) is 6.93. The van der Waals surface area contributed by atoms with Gasteiger partial charge >= 0.3 is 0 Å². The predicted molar refractivity (Wildman–Crippen MR) is 98.1 cm³/mol. The Hall–Kier alpha value is -2.40. The summed E-state index contributed by atoms with van der Waals surface area (Å²) in [6.07, 6.45) is 1.66. The molecule has 6 heteroatoms. The van der Waals surface area contributed by atoms with Crippen LogP contribution in [0.15, 0.2) is 48.5 Å². The van der Waals surface area contributed by atoms with Gasteiger partial charge in [0.1, 0.15) is 11.2 Å². The van der Waals surface area contributed by atoms with E-state index in [1.807, 2.05) is 18.2 Å². The molecule has 0 saturated heterocycles. The minimum atomic E-state index is -1.01. The molecule has 0 radical (unpaired) electrons. The molecule has 1 saturated carbocycles. The van der Waals surface area contributed by atoms with Crippen LogP contribution in [-0.2, 0) is 22.6 Å². The first-order valence-corrected chi connectivity index (χ1v) is 8.93. The zero-order valence-corrected chi connectivity index (χ0v) is 15.0. The van der Waals surface area contributed by atoms with E-state index in [0.717, 1.165) is 5.56 Å². The van der Waals surface area contributed by atoms with Crippen LogP contribution >= 0.6 is 11.6 Å². The van der Waals surface area contributed by atoms with Gasteiger partial charge in [-0.15, -0.1) is 0 Å². The Morgan fingerprint density at radius 1 is 1.04 bits per heavy atom. The summed E-state index contributed by atoms with van der Waals surface area (Å²) in [7, 11) is 0. The first-order chi connectivity index (χ1) is 12.5. The number of hydrogen-bond acceptors (Lipinski definition) is 2. The monoisotopic (exact) mass is 374 g/mol. The van der Waals surface area contributed by atoms with Gasteiger partial charge < -0.3 is 10.6 Å². The standard InChI is InChI=1S/C20H20ClFN2O2/c21-16-6-3-4-14(12-16)8-11-23-18(25)20(9-10-20)19(26)24-13-15-5-1-2-7-17(15)22/h1-7,12H,8-11,13H2,(H,23,25)(H,24,26). The highest BCUT2D eigenvalue weighted by Crippen LogP contribution is 2.46. The van der Waals surface area contributed by atoms with Gasteiger partial charge in [-0.3, -0.25) is 9.59 Å². The number of carbonyl (C=O) groups excluding carboxylic acids is 2.